The molecule has 0 bridgehead atoms. The highest BCUT2D eigenvalue weighted by Crippen LogP contribution is 2.27. The van der Waals surface area contributed by atoms with E-state index in [0.29, 0.717) is 0 Å². The number of likely N-dealkylation sites (tertiary alicyclic amines) is 1. The normalized spacial score (nSPS) is 30.2. The van der Waals surface area contributed by atoms with Crippen molar-refractivity contribution in [2.75, 3.05) is 20.1 Å². The molecule has 2 fully saturated rings. The molecule has 1 saturated carbocycles. The monoisotopic (exact) mass is 224 g/mol. The summed E-state index contributed by atoms with van der Waals surface area (Å²) in [5.74, 6) is 0. The molecular formula is C14H28N2. The average molecular weight is 224 g/mol. The van der Waals surface area contributed by atoms with Crippen LogP contribution in [0.5, 0.6) is 0 Å². The quantitative estimate of drug-likeness (QED) is 0.742. The standard InChI is InChI=1S/C14H28N2/c1-15-12-14-10-6-7-11-16(14)13-8-4-2-3-5-9-13/h13-15H,2-12H2,1H3. The molecule has 0 aromatic carbocycles. The first-order valence-corrected chi connectivity index (χ1v) is 7.32. The average Bonchev–Trinajstić information content (AvgIpc) is 2.59. The van der Waals surface area contributed by atoms with Crippen LogP contribution in [0.25, 0.3) is 0 Å². The minimum atomic E-state index is 0.821. The summed E-state index contributed by atoms with van der Waals surface area (Å²) in [5, 5.41) is 3.38. The van der Waals surface area contributed by atoms with Crippen LogP contribution in [0.2, 0.25) is 0 Å². The zero-order valence-electron chi connectivity index (χ0n) is 10.9. The second-order valence-electron chi connectivity index (χ2n) is 5.59. The number of piperidine rings is 1. The van der Waals surface area contributed by atoms with Crippen molar-refractivity contribution in [3.05, 3.63) is 0 Å². The molecule has 0 aromatic heterocycles. The Kier molecular flexibility index (Phi) is 5.11. The highest BCUT2D eigenvalue weighted by molar-refractivity contribution is 4.85. The number of nitrogens with zero attached hydrogens (tertiary/aromatic N) is 1. The van der Waals surface area contributed by atoms with E-state index in [1.165, 1.54) is 70.9 Å². The lowest BCUT2D eigenvalue weighted by molar-refractivity contribution is 0.0856. The van der Waals surface area contributed by atoms with Gasteiger partial charge in [-0.1, -0.05) is 32.1 Å². The first kappa shape index (κ1) is 12.4. The molecule has 94 valence electrons. The van der Waals surface area contributed by atoms with Gasteiger partial charge in [-0.25, -0.2) is 0 Å². The molecule has 1 aliphatic carbocycles. The summed E-state index contributed by atoms with van der Waals surface area (Å²) >= 11 is 0. The minimum absolute atomic E-state index is 0.821. The summed E-state index contributed by atoms with van der Waals surface area (Å²) in [6.45, 7) is 2.55. The summed E-state index contributed by atoms with van der Waals surface area (Å²) in [7, 11) is 2.10. The molecule has 0 aromatic rings. The third-order valence-corrected chi connectivity index (χ3v) is 4.41. The van der Waals surface area contributed by atoms with Crippen LogP contribution in [0, 0.1) is 0 Å². The number of hydrogen-bond donors (Lipinski definition) is 1. The molecule has 1 heterocycles. The minimum Gasteiger partial charge on any atom is -0.318 e. The second kappa shape index (κ2) is 6.61. The number of nitrogens with one attached hydrogen (secondary N) is 1. The maximum atomic E-state index is 3.38. The summed E-state index contributed by atoms with van der Waals surface area (Å²) in [4.78, 5) is 2.84. The number of rotatable bonds is 3. The van der Waals surface area contributed by atoms with Gasteiger partial charge < -0.3 is 5.32 Å². The van der Waals surface area contributed by atoms with Crippen molar-refractivity contribution < 1.29 is 0 Å². The summed E-state index contributed by atoms with van der Waals surface area (Å²) in [6.07, 6.45) is 13.1. The van der Waals surface area contributed by atoms with Crippen LogP contribution < -0.4 is 5.32 Å². The highest BCUT2D eigenvalue weighted by atomic mass is 15.2. The van der Waals surface area contributed by atoms with Crippen molar-refractivity contribution in [1.82, 2.24) is 10.2 Å². The Labute approximate surface area is 101 Å². The van der Waals surface area contributed by atoms with E-state index in [0.717, 1.165) is 12.1 Å². The van der Waals surface area contributed by atoms with Crippen LogP contribution in [0.1, 0.15) is 57.8 Å². The van der Waals surface area contributed by atoms with Crippen molar-refractivity contribution in [3.63, 3.8) is 0 Å². The predicted molar refractivity (Wildman–Crippen MR) is 69.8 cm³/mol. The lowest BCUT2D eigenvalue weighted by Gasteiger charge is -2.41. The number of likely N-dealkylation sites (N-methyl/N-ethyl adjacent to an activating group) is 1. The van der Waals surface area contributed by atoms with E-state index < -0.39 is 0 Å². The zero-order chi connectivity index (χ0) is 11.2. The zero-order valence-corrected chi connectivity index (χ0v) is 10.9. The van der Waals surface area contributed by atoms with Gasteiger partial charge in [0.1, 0.15) is 0 Å². The fourth-order valence-electron chi connectivity index (χ4n) is 3.55. The summed E-state index contributed by atoms with van der Waals surface area (Å²) in [6, 6.07) is 1.72. The van der Waals surface area contributed by atoms with Gasteiger partial charge in [-0.15, -0.1) is 0 Å². The largest absolute Gasteiger partial charge is 0.318 e. The lowest BCUT2D eigenvalue weighted by Crippen LogP contribution is -2.49. The lowest BCUT2D eigenvalue weighted by atomic mass is 9.96. The van der Waals surface area contributed by atoms with Crippen LogP contribution >= 0.6 is 0 Å². The Bertz CT molecular complexity index is 183. The van der Waals surface area contributed by atoms with Crippen LogP contribution in [0.15, 0.2) is 0 Å². The molecule has 1 N–H and O–H groups in total. The molecule has 2 rings (SSSR count). The Morgan fingerprint density at radius 2 is 1.62 bits per heavy atom. The second-order valence-corrected chi connectivity index (χ2v) is 5.59. The highest BCUT2D eigenvalue weighted by Gasteiger charge is 2.28. The van der Waals surface area contributed by atoms with Crippen molar-refractivity contribution in [1.29, 1.82) is 0 Å². The Balaban J connectivity index is 1.92. The van der Waals surface area contributed by atoms with E-state index in [9.17, 15) is 0 Å². The Morgan fingerprint density at radius 1 is 0.938 bits per heavy atom. The third kappa shape index (κ3) is 3.21. The van der Waals surface area contributed by atoms with Gasteiger partial charge in [0, 0.05) is 18.6 Å². The maximum Gasteiger partial charge on any atom is 0.0223 e. The SMILES string of the molecule is CNCC1CCCCN1C1CCCCCC1. The van der Waals surface area contributed by atoms with E-state index in [1.807, 2.05) is 0 Å². The van der Waals surface area contributed by atoms with E-state index in [1.54, 1.807) is 0 Å². The van der Waals surface area contributed by atoms with E-state index >= 15 is 0 Å². The molecule has 16 heavy (non-hydrogen) atoms. The van der Waals surface area contributed by atoms with Crippen LogP contribution in [0.3, 0.4) is 0 Å². The fraction of sp³-hybridized carbons (Fsp3) is 1.00. The molecule has 0 radical (unpaired) electrons. The number of hydrogen-bond acceptors (Lipinski definition) is 2. The Morgan fingerprint density at radius 3 is 2.31 bits per heavy atom. The van der Waals surface area contributed by atoms with Gasteiger partial charge in [-0.3, -0.25) is 4.90 Å². The van der Waals surface area contributed by atoms with Gasteiger partial charge >= 0.3 is 0 Å². The molecule has 1 unspecified atom stereocenters. The molecule has 2 heteroatoms. The molecule has 2 aliphatic rings. The molecular weight excluding hydrogens is 196 g/mol. The van der Waals surface area contributed by atoms with Crippen LogP contribution in [-0.4, -0.2) is 37.1 Å². The van der Waals surface area contributed by atoms with Crippen LogP contribution in [-0.2, 0) is 0 Å². The first-order chi connectivity index (χ1) is 7.92. The molecule has 2 nitrogen and oxygen atoms in total. The van der Waals surface area contributed by atoms with Crippen molar-refractivity contribution >= 4 is 0 Å². The predicted octanol–water partition coefficient (Wildman–Crippen LogP) is 2.78. The van der Waals surface area contributed by atoms with Crippen LogP contribution in [0.4, 0.5) is 0 Å². The van der Waals surface area contributed by atoms with E-state index in [4.69, 9.17) is 0 Å². The van der Waals surface area contributed by atoms with Gasteiger partial charge in [-0.05, 0) is 39.3 Å². The first-order valence-electron chi connectivity index (χ1n) is 7.32. The van der Waals surface area contributed by atoms with E-state index in [-0.39, 0.29) is 0 Å². The van der Waals surface area contributed by atoms with Crippen molar-refractivity contribution in [2.45, 2.75) is 69.9 Å². The molecule has 0 amide bonds. The third-order valence-electron chi connectivity index (χ3n) is 4.41. The van der Waals surface area contributed by atoms with Gasteiger partial charge in [-0.2, -0.15) is 0 Å². The summed E-state index contributed by atoms with van der Waals surface area (Å²) < 4.78 is 0. The molecule has 0 spiro atoms. The topological polar surface area (TPSA) is 15.3 Å². The molecule has 1 saturated heterocycles. The maximum absolute atomic E-state index is 3.38. The van der Waals surface area contributed by atoms with Crippen molar-refractivity contribution in [3.8, 4) is 0 Å². The van der Waals surface area contributed by atoms with Crippen molar-refractivity contribution in [2.24, 2.45) is 0 Å². The van der Waals surface area contributed by atoms with Gasteiger partial charge in [0.15, 0.2) is 0 Å². The molecule has 1 aliphatic heterocycles. The molecule has 1 atom stereocenters. The van der Waals surface area contributed by atoms with E-state index in [2.05, 4.69) is 17.3 Å². The fourth-order valence-corrected chi connectivity index (χ4v) is 3.55. The van der Waals surface area contributed by atoms with Gasteiger partial charge in [0.25, 0.3) is 0 Å². The Hall–Kier alpha value is -0.0800. The smallest absolute Gasteiger partial charge is 0.0223 e. The van der Waals surface area contributed by atoms with Gasteiger partial charge in [0.05, 0.1) is 0 Å². The van der Waals surface area contributed by atoms with Gasteiger partial charge in [0.2, 0.25) is 0 Å². The summed E-state index contributed by atoms with van der Waals surface area (Å²) in [5.41, 5.74) is 0.